The Labute approximate surface area is 191 Å². The van der Waals surface area contributed by atoms with Crippen LogP contribution in [0.15, 0.2) is 36.4 Å². The number of aromatic hydroxyl groups is 5. The Bertz CT molecular complexity index is 1420. The number of hydrogen-bond donors (Lipinski definition) is 5. The summed E-state index contributed by atoms with van der Waals surface area (Å²) >= 11 is 0. The molecule has 5 heteroatoms. The van der Waals surface area contributed by atoms with Crippen molar-refractivity contribution in [3.05, 3.63) is 58.7 Å². The zero-order valence-corrected chi connectivity index (χ0v) is 18.4. The quantitative estimate of drug-likeness (QED) is 0.306. The average Bonchev–Trinajstić information content (AvgIpc) is 3.17. The number of benzene rings is 3. The van der Waals surface area contributed by atoms with Gasteiger partial charge in [0.15, 0.2) is 23.0 Å². The lowest BCUT2D eigenvalue weighted by molar-refractivity contribution is 0.207. The van der Waals surface area contributed by atoms with E-state index in [1.165, 1.54) is 6.07 Å². The molecule has 0 radical (unpaired) electrons. The van der Waals surface area contributed by atoms with Gasteiger partial charge in [-0.1, -0.05) is 43.7 Å². The number of phenolic OH excluding ortho intramolecular Hbond substituents is 5. The fourth-order valence-corrected chi connectivity index (χ4v) is 6.98. The second-order valence-corrected chi connectivity index (χ2v) is 9.74. The van der Waals surface area contributed by atoms with Gasteiger partial charge < -0.3 is 25.5 Å². The third-order valence-electron chi connectivity index (χ3n) is 8.47. The van der Waals surface area contributed by atoms with Crippen LogP contribution in [0.4, 0.5) is 0 Å². The monoisotopic (exact) mass is 442 g/mol. The summed E-state index contributed by atoms with van der Waals surface area (Å²) in [6.45, 7) is 2.21. The average molecular weight is 443 g/mol. The standard InChI is InChI=1S/C28H26O5/c1-2-27-8-4-9-28(27)14-16(11-15-12-21(30)25(32)18(7-10-27)24(15)28)19-13-22(31)26(33)23-17(19)5-3-6-20(23)29/h3,5-7,10-13,29-33H,2,4,8-9,14H2,1H3. The maximum atomic E-state index is 10.7. The van der Waals surface area contributed by atoms with Crippen molar-refractivity contribution in [3.8, 4) is 28.7 Å². The number of fused-ring (bicyclic) bond motifs is 1. The summed E-state index contributed by atoms with van der Waals surface area (Å²) in [7, 11) is 0. The molecule has 2 unspecified atom stereocenters. The van der Waals surface area contributed by atoms with Crippen LogP contribution in [0.2, 0.25) is 0 Å². The lowest BCUT2D eigenvalue weighted by Crippen LogP contribution is -2.44. The maximum Gasteiger partial charge on any atom is 0.169 e. The normalized spacial score (nSPS) is 25.1. The molecule has 5 nitrogen and oxygen atoms in total. The molecule has 1 saturated carbocycles. The fraction of sp³-hybridized carbons (Fsp3) is 0.286. The van der Waals surface area contributed by atoms with Crippen molar-refractivity contribution in [2.75, 3.05) is 0 Å². The number of phenols is 5. The van der Waals surface area contributed by atoms with Gasteiger partial charge in [0, 0.05) is 11.0 Å². The molecule has 3 aromatic rings. The largest absolute Gasteiger partial charge is 0.507 e. The molecule has 1 fully saturated rings. The van der Waals surface area contributed by atoms with E-state index in [1.54, 1.807) is 18.2 Å². The number of hydrogen-bond acceptors (Lipinski definition) is 5. The summed E-state index contributed by atoms with van der Waals surface area (Å²) in [6.07, 6.45) is 10.9. The van der Waals surface area contributed by atoms with E-state index in [1.807, 2.05) is 18.2 Å². The summed E-state index contributed by atoms with van der Waals surface area (Å²) in [6, 6.07) is 8.25. The Morgan fingerprint density at radius 3 is 2.48 bits per heavy atom. The van der Waals surface area contributed by atoms with E-state index < -0.39 is 0 Å². The van der Waals surface area contributed by atoms with E-state index in [2.05, 4.69) is 13.0 Å². The predicted molar refractivity (Wildman–Crippen MR) is 128 cm³/mol. The molecule has 0 saturated heterocycles. The van der Waals surface area contributed by atoms with Crippen molar-refractivity contribution < 1.29 is 25.5 Å². The van der Waals surface area contributed by atoms with E-state index in [0.717, 1.165) is 47.9 Å². The van der Waals surface area contributed by atoms with E-state index >= 15 is 0 Å². The first-order valence-corrected chi connectivity index (χ1v) is 11.5. The first-order valence-electron chi connectivity index (χ1n) is 11.5. The number of allylic oxidation sites excluding steroid dienone is 2. The highest BCUT2D eigenvalue weighted by Crippen LogP contribution is 2.67. The minimum Gasteiger partial charge on any atom is -0.507 e. The molecular weight excluding hydrogens is 416 g/mol. The molecule has 3 aliphatic rings. The van der Waals surface area contributed by atoms with Crippen LogP contribution in [0.5, 0.6) is 28.7 Å². The van der Waals surface area contributed by atoms with Gasteiger partial charge in [0.25, 0.3) is 0 Å². The lowest BCUT2D eigenvalue weighted by Gasteiger charge is -2.51. The Kier molecular flexibility index (Phi) is 3.93. The molecule has 168 valence electrons. The fourth-order valence-electron chi connectivity index (χ4n) is 6.98. The zero-order valence-electron chi connectivity index (χ0n) is 18.4. The van der Waals surface area contributed by atoms with Crippen LogP contribution < -0.4 is 0 Å². The van der Waals surface area contributed by atoms with Gasteiger partial charge in [0.2, 0.25) is 0 Å². The van der Waals surface area contributed by atoms with Crippen LogP contribution in [0.3, 0.4) is 0 Å². The van der Waals surface area contributed by atoms with E-state index in [4.69, 9.17) is 0 Å². The van der Waals surface area contributed by atoms with Crippen LogP contribution >= 0.6 is 0 Å². The van der Waals surface area contributed by atoms with Crippen molar-refractivity contribution in [2.24, 2.45) is 5.41 Å². The summed E-state index contributed by atoms with van der Waals surface area (Å²) in [5.74, 6) is -0.939. The first-order chi connectivity index (χ1) is 15.8. The van der Waals surface area contributed by atoms with E-state index in [0.29, 0.717) is 17.4 Å². The highest BCUT2D eigenvalue weighted by Gasteiger charge is 2.57. The molecule has 0 bridgehead atoms. The molecule has 5 N–H and O–H groups in total. The van der Waals surface area contributed by atoms with E-state index in [9.17, 15) is 25.5 Å². The second-order valence-electron chi connectivity index (χ2n) is 9.74. The molecule has 3 aromatic carbocycles. The van der Waals surface area contributed by atoms with E-state index in [-0.39, 0.29) is 45.0 Å². The second kappa shape index (κ2) is 6.47. The smallest absolute Gasteiger partial charge is 0.169 e. The molecule has 6 rings (SSSR count). The highest BCUT2D eigenvalue weighted by atomic mass is 16.3. The van der Waals surface area contributed by atoms with Gasteiger partial charge in [0.1, 0.15) is 5.75 Å². The third kappa shape index (κ3) is 2.37. The molecular formula is C28H26O5. The van der Waals surface area contributed by atoms with Crippen LogP contribution in [-0.4, -0.2) is 25.5 Å². The minimum atomic E-state index is -0.337. The topological polar surface area (TPSA) is 101 Å². The molecule has 0 amide bonds. The molecule has 0 aliphatic heterocycles. The summed E-state index contributed by atoms with van der Waals surface area (Å²) in [5, 5.41) is 53.5. The molecule has 1 spiro atoms. The zero-order chi connectivity index (χ0) is 23.1. The van der Waals surface area contributed by atoms with Crippen LogP contribution in [0, 0.1) is 5.41 Å². The number of rotatable bonds is 2. The summed E-state index contributed by atoms with van der Waals surface area (Å²) in [5.41, 5.74) is 4.07. The Morgan fingerprint density at radius 1 is 0.909 bits per heavy atom. The summed E-state index contributed by atoms with van der Waals surface area (Å²) < 4.78 is 0. The third-order valence-corrected chi connectivity index (χ3v) is 8.47. The minimum absolute atomic E-state index is 0.0609. The van der Waals surface area contributed by atoms with Crippen molar-refractivity contribution in [1.29, 1.82) is 0 Å². The van der Waals surface area contributed by atoms with Gasteiger partial charge in [-0.2, -0.15) is 0 Å². The van der Waals surface area contributed by atoms with Crippen LogP contribution in [-0.2, 0) is 5.41 Å². The summed E-state index contributed by atoms with van der Waals surface area (Å²) in [4.78, 5) is 0. The van der Waals surface area contributed by atoms with Crippen molar-refractivity contribution in [1.82, 2.24) is 0 Å². The lowest BCUT2D eigenvalue weighted by atomic mass is 9.52. The van der Waals surface area contributed by atoms with Crippen molar-refractivity contribution >= 4 is 28.5 Å². The molecule has 0 heterocycles. The molecule has 0 aromatic heterocycles. The highest BCUT2D eigenvalue weighted by molar-refractivity contribution is 6.05. The predicted octanol–water partition coefficient (Wildman–Crippen LogP) is 6.16. The Hall–Kier alpha value is -3.60. The Morgan fingerprint density at radius 2 is 1.70 bits per heavy atom. The van der Waals surface area contributed by atoms with Gasteiger partial charge in [-0.15, -0.1) is 0 Å². The van der Waals surface area contributed by atoms with Crippen molar-refractivity contribution in [3.63, 3.8) is 0 Å². The first kappa shape index (κ1) is 20.0. The van der Waals surface area contributed by atoms with Gasteiger partial charge in [-0.25, -0.2) is 0 Å². The van der Waals surface area contributed by atoms with Gasteiger partial charge in [-0.05, 0) is 76.9 Å². The molecule has 3 aliphatic carbocycles. The van der Waals surface area contributed by atoms with Gasteiger partial charge in [-0.3, -0.25) is 0 Å². The molecule has 2 atom stereocenters. The SMILES string of the molecule is CCC12C=Cc3c(O)c(O)cc4c3C1(CCC2)CC(c1cc(O)c(O)c2c(O)cccc12)=C4. The van der Waals surface area contributed by atoms with Gasteiger partial charge in [0.05, 0.1) is 5.39 Å². The van der Waals surface area contributed by atoms with Crippen molar-refractivity contribution in [2.45, 2.75) is 44.4 Å². The van der Waals surface area contributed by atoms with Crippen LogP contribution in [0.1, 0.15) is 61.3 Å². The molecule has 33 heavy (non-hydrogen) atoms. The maximum absolute atomic E-state index is 10.7. The van der Waals surface area contributed by atoms with Gasteiger partial charge >= 0.3 is 0 Å². The Balaban J connectivity index is 1.69. The van der Waals surface area contributed by atoms with Crippen LogP contribution in [0.25, 0.3) is 28.5 Å².